The van der Waals surface area contributed by atoms with Crippen molar-refractivity contribution in [3.05, 3.63) is 48.6 Å². The fourth-order valence-electron chi connectivity index (χ4n) is 2.66. The van der Waals surface area contributed by atoms with Gasteiger partial charge in [-0.15, -0.1) is 11.6 Å². The lowest BCUT2D eigenvalue weighted by Gasteiger charge is -2.00. The minimum absolute atomic E-state index is 0.0478. The Morgan fingerprint density at radius 1 is 0.523 bits per heavy atom. The molecule has 0 saturated carbocycles. The summed E-state index contributed by atoms with van der Waals surface area (Å²) in [5, 5.41) is 7.91. The van der Waals surface area contributed by atoms with Gasteiger partial charge in [0.05, 0.1) is 80.1 Å². The van der Waals surface area contributed by atoms with E-state index in [1.165, 1.54) is 35.2 Å². The molecule has 0 spiro atoms. The Bertz CT molecular complexity index is 1450. The van der Waals surface area contributed by atoms with Crippen LogP contribution in [0.2, 0.25) is 0 Å². The van der Waals surface area contributed by atoms with E-state index in [0.29, 0.717) is 39.5 Å². The Kier molecular flexibility index (Phi) is 66.7. The highest BCUT2D eigenvalue weighted by Crippen LogP contribution is 2.00. The van der Waals surface area contributed by atoms with Crippen LogP contribution < -0.4 is 0 Å². The molecule has 0 aliphatic rings. The van der Waals surface area contributed by atoms with Crippen LogP contribution in [0.4, 0.5) is 0 Å². The molecule has 0 fully saturated rings. The lowest BCUT2D eigenvalue weighted by molar-refractivity contribution is -0.155. The van der Waals surface area contributed by atoms with Gasteiger partial charge in [0.25, 0.3) is 0 Å². The first-order chi connectivity index (χ1) is 30.7. The molecule has 1 aromatic carbocycles. The number of methoxy groups -OCH3 is 3. The summed E-state index contributed by atoms with van der Waals surface area (Å²) in [5.74, 6) is -4.07. The first-order valence-electron chi connectivity index (χ1n) is 19.6. The molecule has 0 aliphatic carbocycles. The van der Waals surface area contributed by atoms with Crippen molar-refractivity contribution >= 4 is 71.3 Å². The predicted octanol–water partition coefficient (Wildman–Crippen LogP) is 4.75. The topological polar surface area (TPSA) is 287 Å². The molecule has 65 heavy (non-hydrogen) atoms. The van der Waals surface area contributed by atoms with Crippen molar-refractivity contribution in [2.24, 2.45) is 0 Å². The van der Waals surface area contributed by atoms with Gasteiger partial charge in [0, 0.05) is 19.9 Å². The van der Waals surface area contributed by atoms with Crippen molar-refractivity contribution in [3.8, 4) is 6.07 Å². The van der Waals surface area contributed by atoms with Crippen LogP contribution in [-0.4, -0.2) is 133 Å². The van der Waals surface area contributed by atoms with Crippen molar-refractivity contribution in [1.82, 2.24) is 0 Å². The third-order valence-electron chi connectivity index (χ3n) is 5.17. The van der Waals surface area contributed by atoms with Crippen LogP contribution in [0.25, 0.3) is 0 Å². The fourth-order valence-corrected chi connectivity index (χ4v) is 2.74. The third-order valence-corrected chi connectivity index (χ3v) is 5.39. The first kappa shape index (κ1) is 72.9. The standard InChI is InChI=1S/C10H12O2.C7H12O4.C5H7NO2.C5H8O4.C5H8O2.C4H7ClO2.C4H8O2.C3H6O2/c1-2-12-10(11)8-9-6-4-3-5-7-9;1-3-10-6(8)5-7(9)11-4-2;1-2-8-5(7)3-4-6;1-8-4(6)3-5(7)9-2;1-3-5(6)7-4-2;1-2-7-4(6)3-5;1-3-6-4(2)5;1-3(4)5-2/h3-7H,2,8H2,1H3;3-5H2,1-2H3;2-3H2,1H3;3H2,1-2H3;3H,1,4H2,2H3;2-3H2,1H3;3H2,1-2H3;1-2H3. The molecule has 21 nitrogen and oxygen atoms in total. The summed E-state index contributed by atoms with van der Waals surface area (Å²) in [6.07, 6.45) is 0.765. The average molecular weight is 954 g/mol. The Balaban J connectivity index is -0.000000120. The number of hydrogen-bond acceptors (Lipinski definition) is 21. The minimum atomic E-state index is -0.582. The fraction of sp³-hybridized carbons (Fsp3) is 0.558. The number of nitrogens with zero attached hydrogens (tertiary/aromatic N) is 1. The number of benzene rings is 1. The number of halogens is 1. The van der Waals surface area contributed by atoms with Crippen molar-refractivity contribution in [2.45, 2.75) is 88.0 Å². The molecular weight excluding hydrogens is 886 g/mol. The molecule has 1 aromatic rings. The Hall–Kier alpha value is -6.56. The largest absolute Gasteiger partial charge is 0.469 e. The molecule has 0 amide bonds. The zero-order valence-corrected chi connectivity index (χ0v) is 40.4. The van der Waals surface area contributed by atoms with Crippen molar-refractivity contribution in [1.29, 1.82) is 5.26 Å². The van der Waals surface area contributed by atoms with E-state index in [1.54, 1.807) is 47.6 Å². The zero-order valence-electron chi connectivity index (χ0n) is 39.6. The van der Waals surface area contributed by atoms with E-state index in [0.717, 1.165) is 11.6 Å². The number of hydrogen-bond donors (Lipinski definition) is 0. The number of rotatable bonds is 16. The third kappa shape index (κ3) is 78.4. The summed E-state index contributed by atoms with van der Waals surface area (Å²) in [6.45, 7) is 20.8. The maximum absolute atomic E-state index is 11.0. The van der Waals surface area contributed by atoms with Crippen LogP contribution in [0.3, 0.4) is 0 Å². The number of esters is 10. The number of alkyl halides is 1. The molecule has 0 unspecified atom stereocenters. The summed E-state index contributed by atoms with van der Waals surface area (Å²) in [5.41, 5.74) is 0.996. The van der Waals surface area contributed by atoms with Crippen LogP contribution in [0.1, 0.15) is 87.1 Å². The average Bonchev–Trinajstić information content (AvgIpc) is 3.26. The van der Waals surface area contributed by atoms with Crippen LogP contribution >= 0.6 is 11.6 Å². The molecule has 0 heterocycles. The summed E-state index contributed by atoms with van der Waals surface area (Å²) in [6, 6.07) is 11.3. The summed E-state index contributed by atoms with van der Waals surface area (Å²) in [7, 11) is 3.78. The lowest BCUT2D eigenvalue weighted by atomic mass is 10.2. The van der Waals surface area contributed by atoms with Gasteiger partial charge < -0.3 is 47.4 Å². The second kappa shape index (κ2) is 59.5. The second-order valence-electron chi connectivity index (χ2n) is 10.2. The molecular formula is C43H68ClNO20. The van der Waals surface area contributed by atoms with Gasteiger partial charge in [0.15, 0.2) is 0 Å². The highest BCUT2D eigenvalue weighted by atomic mass is 35.5. The molecule has 0 aliphatic heterocycles. The first-order valence-corrected chi connectivity index (χ1v) is 20.1. The lowest BCUT2D eigenvalue weighted by Crippen LogP contribution is -2.13. The van der Waals surface area contributed by atoms with Gasteiger partial charge in [-0.25, -0.2) is 4.79 Å². The number of carbonyl (C=O) groups excluding carboxylic acids is 10. The highest BCUT2D eigenvalue weighted by Gasteiger charge is 2.10. The van der Waals surface area contributed by atoms with Gasteiger partial charge in [0.1, 0.15) is 25.1 Å². The van der Waals surface area contributed by atoms with Gasteiger partial charge in [-0.05, 0) is 54.0 Å². The highest BCUT2D eigenvalue weighted by molar-refractivity contribution is 6.26. The molecule has 22 heteroatoms. The van der Waals surface area contributed by atoms with Gasteiger partial charge in [-0.1, -0.05) is 36.9 Å². The molecule has 1 rings (SSSR count). The molecule has 0 bridgehead atoms. The molecule has 0 atom stereocenters. The maximum atomic E-state index is 11.0. The summed E-state index contributed by atoms with van der Waals surface area (Å²) >= 11 is 5.06. The molecule has 0 aromatic heterocycles. The quantitative estimate of drug-likeness (QED) is 0.0710. The van der Waals surface area contributed by atoms with Gasteiger partial charge >= 0.3 is 59.7 Å². The Morgan fingerprint density at radius 2 is 0.877 bits per heavy atom. The van der Waals surface area contributed by atoms with E-state index >= 15 is 0 Å². The van der Waals surface area contributed by atoms with E-state index in [4.69, 9.17) is 21.6 Å². The summed E-state index contributed by atoms with van der Waals surface area (Å²) < 4.78 is 44.0. The molecule has 0 saturated heterocycles. The monoisotopic (exact) mass is 953 g/mol. The summed E-state index contributed by atoms with van der Waals surface area (Å²) in [4.78, 5) is 102. The van der Waals surface area contributed by atoms with Crippen molar-refractivity contribution in [2.75, 3.05) is 73.5 Å². The molecule has 0 N–H and O–H groups in total. The Labute approximate surface area is 387 Å². The van der Waals surface area contributed by atoms with E-state index in [1.807, 2.05) is 37.3 Å². The smallest absolute Gasteiger partial charge is 0.330 e. The normalized spacial score (nSPS) is 8.25. The predicted molar refractivity (Wildman–Crippen MR) is 234 cm³/mol. The van der Waals surface area contributed by atoms with Crippen LogP contribution in [0.15, 0.2) is 43.0 Å². The molecule has 0 radical (unpaired) electrons. The van der Waals surface area contributed by atoms with Gasteiger partial charge in [-0.2, -0.15) is 5.26 Å². The van der Waals surface area contributed by atoms with Crippen molar-refractivity contribution in [3.63, 3.8) is 0 Å². The van der Waals surface area contributed by atoms with Gasteiger partial charge in [0.2, 0.25) is 0 Å². The Morgan fingerprint density at radius 3 is 1.14 bits per heavy atom. The van der Waals surface area contributed by atoms with Crippen molar-refractivity contribution < 1.29 is 95.3 Å². The number of carbonyl (C=O) groups is 10. The minimum Gasteiger partial charge on any atom is -0.469 e. The number of ether oxygens (including phenoxy) is 10. The number of nitriles is 1. The van der Waals surface area contributed by atoms with E-state index < -0.39 is 29.8 Å². The zero-order chi connectivity index (χ0) is 51.9. The van der Waals surface area contributed by atoms with Gasteiger partial charge in [-0.3, -0.25) is 43.2 Å². The van der Waals surface area contributed by atoms with E-state index in [2.05, 4.69) is 49.2 Å². The van der Waals surface area contributed by atoms with Crippen LogP contribution in [-0.2, 0) is 102 Å². The van der Waals surface area contributed by atoms with Crippen LogP contribution in [0.5, 0.6) is 0 Å². The molecule has 372 valence electrons. The SMILES string of the molecule is C=CC(=O)OCC.CCOC(=O)CC#N.CCOC(=O)CC(=O)OCC.CCOC(=O)CCl.CCOC(=O)Cc1ccccc1.CCOC(C)=O.COC(=O)CC(=O)OC.COC(C)=O. The van der Waals surface area contributed by atoms with E-state index in [-0.39, 0.29) is 68.2 Å². The maximum Gasteiger partial charge on any atom is 0.330 e. The van der Waals surface area contributed by atoms with Crippen LogP contribution in [0, 0.1) is 11.3 Å². The van der Waals surface area contributed by atoms with E-state index in [9.17, 15) is 47.9 Å². The second-order valence-corrected chi connectivity index (χ2v) is 10.5.